The number of hydrogen-bond donors (Lipinski definition) is 2. The van der Waals surface area contributed by atoms with Crippen molar-refractivity contribution in [1.29, 1.82) is 0 Å². The molecular formula is C15H20N2O3. The number of amides is 1. The molecule has 0 aliphatic carbocycles. The predicted molar refractivity (Wildman–Crippen MR) is 77.7 cm³/mol. The number of ether oxygens (including phenoxy) is 2. The number of terminal acetylenes is 1. The molecule has 3 N–H and O–H groups in total. The van der Waals surface area contributed by atoms with E-state index < -0.39 is 0 Å². The van der Waals surface area contributed by atoms with Gasteiger partial charge in [0, 0.05) is 12.1 Å². The van der Waals surface area contributed by atoms with Crippen LogP contribution in [0.15, 0.2) is 18.2 Å². The molecule has 0 saturated heterocycles. The summed E-state index contributed by atoms with van der Waals surface area (Å²) in [5, 5.41) is 2.54. The van der Waals surface area contributed by atoms with E-state index in [9.17, 15) is 4.79 Å². The standard InChI is InChI=1S/C15H20N2O3/c1-4-7-17-15(18)10-20-14-9-13(19-3)6-5-12(14)8-11(2)16/h1,5-6,9,11H,7-8,10,16H2,2-3H3,(H,17,18). The molecule has 1 aromatic carbocycles. The first-order valence-electron chi connectivity index (χ1n) is 6.32. The summed E-state index contributed by atoms with van der Waals surface area (Å²) in [5.41, 5.74) is 6.73. The van der Waals surface area contributed by atoms with Gasteiger partial charge >= 0.3 is 0 Å². The van der Waals surface area contributed by atoms with E-state index in [1.54, 1.807) is 13.2 Å². The molecule has 0 heterocycles. The third kappa shape index (κ3) is 5.21. The zero-order valence-corrected chi connectivity index (χ0v) is 11.8. The zero-order valence-electron chi connectivity index (χ0n) is 11.8. The Morgan fingerprint density at radius 1 is 1.55 bits per heavy atom. The second-order valence-corrected chi connectivity index (χ2v) is 4.42. The second kappa shape index (κ2) is 8.08. The predicted octanol–water partition coefficient (Wildman–Crippen LogP) is 0.713. The van der Waals surface area contributed by atoms with E-state index in [1.165, 1.54) is 0 Å². The van der Waals surface area contributed by atoms with Crippen LogP contribution >= 0.6 is 0 Å². The van der Waals surface area contributed by atoms with Gasteiger partial charge in [-0.25, -0.2) is 0 Å². The van der Waals surface area contributed by atoms with Crippen molar-refractivity contribution in [1.82, 2.24) is 5.32 Å². The number of benzene rings is 1. The molecule has 0 radical (unpaired) electrons. The Kier molecular flexibility index (Phi) is 6.41. The summed E-state index contributed by atoms with van der Waals surface area (Å²) < 4.78 is 10.7. The largest absolute Gasteiger partial charge is 0.497 e. The fourth-order valence-electron chi connectivity index (χ4n) is 1.66. The fraction of sp³-hybridized carbons (Fsp3) is 0.400. The summed E-state index contributed by atoms with van der Waals surface area (Å²) in [5.74, 6) is 3.32. The Morgan fingerprint density at radius 2 is 2.30 bits per heavy atom. The molecule has 1 rings (SSSR count). The molecular weight excluding hydrogens is 256 g/mol. The maximum Gasteiger partial charge on any atom is 0.258 e. The lowest BCUT2D eigenvalue weighted by Crippen LogP contribution is -2.29. The third-order valence-electron chi connectivity index (χ3n) is 2.56. The zero-order chi connectivity index (χ0) is 15.0. The fourth-order valence-corrected chi connectivity index (χ4v) is 1.66. The highest BCUT2D eigenvalue weighted by molar-refractivity contribution is 5.77. The molecule has 5 nitrogen and oxygen atoms in total. The molecule has 0 aliphatic heterocycles. The molecule has 5 heteroatoms. The van der Waals surface area contributed by atoms with E-state index in [4.69, 9.17) is 21.6 Å². The summed E-state index contributed by atoms with van der Waals surface area (Å²) in [7, 11) is 1.57. The number of nitrogens with one attached hydrogen (secondary N) is 1. The molecule has 0 fully saturated rings. The van der Waals surface area contributed by atoms with Crippen LogP contribution in [-0.4, -0.2) is 32.2 Å². The van der Waals surface area contributed by atoms with E-state index in [0.29, 0.717) is 17.9 Å². The molecule has 0 aliphatic rings. The highest BCUT2D eigenvalue weighted by Crippen LogP contribution is 2.25. The van der Waals surface area contributed by atoms with Crippen molar-refractivity contribution in [3.63, 3.8) is 0 Å². The first kappa shape index (κ1) is 15.9. The first-order chi connectivity index (χ1) is 9.56. The van der Waals surface area contributed by atoms with Crippen molar-refractivity contribution in [3.05, 3.63) is 23.8 Å². The molecule has 108 valence electrons. The molecule has 1 aromatic rings. The Labute approximate surface area is 119 Å². The van der Waals surface area contributed by atoms with Crippen molar-refractivity contribution in [2.75, 3.05) is 20.3 Å². The molecule has 0 saturated carbocycles. The lowest BCUT2D eigenvalue weighted by Gasteiger charge is -2.14. The monoisotopic (exact) mass is 276 g/mol. The van der Waals surface area contributed by atoms with Crippen LogP contribution < -0.4 is 20.5 Å². The Morgan fingerprint density at radius 3 is 2.90 bits per heavy atom. The van der Waals surface area contributed by atoms with Gasteiger partial charge in [0.25, 0.3) is 5.91 Å². The van der Waals surface area contributed by atoms with Crippen molar-refractivity contribution in [2.24, 2.45) is 5.73 Å². The van der Waals surface area contributed by atoms with Crippen molar-refractivity contribution in [2.45, 2.75) is 19.4 Å². The second-order valence-electron chi connectivity index (χ2n) is 4.42. The van der Waals surface area contributed by atoms with Gasteiger partial charge in [0.05, 0.1) is 13.7 Å². The normalized spacial score (nSPS) is 11.3. The van der Waals surface area contributed by atoms with Gasteiger partial charge in [-0.2, -0.15) is 0 Å². The van der Waals surface area contributed by atoms with Crippen LogP contribution in [0.4, 0.5) is 0 Å². The van der Waals surface area contributed by atoms with Gasteiger partial charge in [0.2, 0.25) is 0 Å². The lowest BCUT2D eigenvalue weighted by atomic mass is 10.1. The van der Waals surface area contributed by atoms with Crippen LogP contribution in [0.2, 0.25) is 0 Å². The number of methoxy groups -OCH3 is 1. The minimum absolute atomic E-state index is 0.000937. The van der Waals surface area contributed by atoms with Gasteiger partial charge in [0.15, 0.2) is 6.61 Å². The van der Waals surface area contributed by atoms with Gasteiger partial charge in [-0.15, -0.1) is 6.42 Å². The maximum absolute atomic E-state index is 11.5. The van der Waals surface area contributed by atoms with Crippen LogP contribution in [0.25, 0.3) is 0 Å². The van der Waals surface area contributed by atoms with Crippen LogP contribution in [-0.2, 0) is 11.2 Å². The van der Waals surface area contributed by atoms with Gasteiger partial charge < -0.3 is 20.5 Å². The number of carbonyl (C=O) groups is 1. The van der Waals surface area contributed by atoms with Gasteiger partial charge in [-0.3, -0.25) is 4.79 Å². The molecule has 0 bridgehead atoms. The van der Waals surface area contributed by atoms with Crippen LogP contribution in [0.5, 0.6) is 11.5 Å². The minimum Gasteiger partial charge on any atom is -0.497 e. The topological polar surface area (TPSA) is 73.6 Å². The molecule has 0 aromatic heterocycles. The van der Waals surface area contributed by atoms with Crippen LogP contribution in [0.3, 0.4) is 0 Å². The first-order valence-corrected chi connectivity index (χ1v) is 6.32. The van der Waals surface area contributed by atoms with E-state index in [0.717, 1.165) is 5.56 Å². The van der Waals surface area contributed by atoms with E-state index in [1.807, 2.05) is 19.1 Å². The van der Waals surface area contributed by atoms with E-state index in [-0.39, 0.29) is 25.1 Å². The number of rotatable bonds is 7. The van der Waals surface area contributed by atoms with Gasteiger partial charge in [-0.1, -0.05) is 12.0 Å². The highest BCUT2D eigenvalue weighted by atomic mass is 16.5. The van der Waals surface area contributed by atoms with E-state index in [2.05, 4.69) is 11.2 Å². The van der Waals surface area contributed by atoms with Gasteiger partial charge in [0.1, 0.15) is 11.5 Å². The maximum atomic E-state index is 11.5. The summed E-state index contributed by atoms with van der Waals surface area (Å²) >= 11 is 0. The smallest absolute Gasteiger partial charge is 0.258 e. The molecule has 1 amide bonds. The molecule has 20 heavy (non-hydrogen) atoms. The van der Waals surface area contributed by atoms with E-state index >= 15 is 0 Å². The summed E-state index contributed by atoms with van der Waals surface area (Å²) in [6.45, 7) is 2.00. The third-order valence-corrected chi connectivity index (χ3v) is 2.56. The summed E-state index contributed by atoms with van der Waals surface area (Å²) in [6, 6.07) is 5.47. The summed E-state index contributed by atoms with van der Waals surface area (Å²) in [4.78, 5) is 11.5. The summed E-state index contributed by atoms with van der Waals surface area (Å²) in [6.07, 6.45) is 5.72. The molecule has 1 unspecified atom stereocenters. The molecule has 1 atom stereocenters. The Bertz CT molecular complexity index is 492. The quantitative estimate of drug-likeness (QED) is 0.719. The number of carbonyl (C=O) groups excluding carboxylic acids is 1. The lowest BCUT2D eigenvalue weighted by molar-refractivity contribution is -0.122. The highest BCUT2D eigenvalue weighted by Gasteiger charge is 2.10. The average Bonchev–Trinajstić information content (AvgIpc) is 2.43. The van der Waals surface area contributed by atoms with Crippen molar-refractivity contribution < 1.29 is 14.3 Å². The van der Waals surface area contributed by atoms with Crippen molar-refractivity contribution in [3.8, 4) is 23.8 Å². The van der Waals surface area contributed by atoms with Gasteiger partial charge in [-0.05, 0) is 25.0 Å². The Balaban J connectivity index is 2.74. The Hall–Kier alpha value is -2.19. The molecule has 0 spiro atoms. The number of hydrogen-bond acceptors (Lipinski definition) is 4. The number of nitrogens with two attached hydrogens (primary N) is 1. The minimum atomic E-state index is -0.266. The van der Waals surface area contributed by atoms with Crippen LogP contribution in [0, 0.1) is 12.3 Å². The SMILES string of the molecule is C#CCNC(=O)COc1cc(OC)ccc1CC(C)N. The van der Waals surface area contributed by atoms with Crippen molar-refractivity contribution >= 4 is 5.91 Å². The van der Waals surface area contributed by atoms with Crippen LogP contribution in [0.1, 0.15) is 12.5 Å². The average molecular weight is 276 g/mol.